The number of amides is 2. The van der Waals surface area contributed by atoms with Gasteiger partial charge in [-0.15, -0.1) is 0 Å². The van der Waals surface area contributed by atoms with Crippen LogP contribution in [0.25, 0.3) is 0 Å². The first kappa shape index (κ1) is 20.8. The summed E-state index contributed by atoms with van der Waals surface area (Å²) in [5.41, 5.74) is 2.72. The molecule has 1 aliphatic heterocycles. The molecule has 0 aliphatic carbocycles. The summed E-state index contributed by atoms with van der Waals surface area (Å²) < 4.78 is 5.46. The first-order chi connectivity index (χ1) is 14.0. The van der Waals surface area contributed by atoms with Gasteiger partial charge in [0.2, 0.25) is 5.91 Å². The second kappa shape index (κ2) is 10.0. The minimum atomic E-state index is -0.358. The van der Waals surface area contributed by atoms with Crippen LogP contribution >= 0.6 is 0 Å². The standard InChI is InChI=1S/C22H27N3O4/c1-16-3-2-4-18(13-16)20(25-9-11-29-12-10-25)14-23-21(27)15-24-22(28)17-5-7-19(26)8-6-17/h2-8,13,20,26H,9-12,14-15H2,1H3,(H,23,27)(H,24,28)/t20-/m0/s1. The zero-order chi connectivity index (χ0) is 20.6. The Morgan fingerprint density at radius 3 is 2.52 bits per heavy atom. The predicted octanol–water partition coefficient (Wildman–Crippen LogP) is 1.62. The molecule has 1 heterocycles. The SMILES string of the molecule is Cc1cccc([C@H](CNC(=O)CNC(=O)c2ccc(O)cc2)N2CCOCC2)c1. The van der Waals surface area contributed by atoms with E-state index >= 15 is 0 Å². The maximum atomic E-state index is 12.3. The van der Waals surface area contributed by atoms with Gasteiger partial charge in [0.25, 0.3) is 5.91 Å². The Hall–Kier alpha value is -2.90. The summed E-state index contributed by atoms with van der Waals surface area (Å²) in [4.78, 5) is 26.7. The Kier molecular flexibility index (Phi) is 7.21. The van der Waals surface area contributed by atoms with E-state index in [9.17, 15) is 14.7 Å². The summed E-state index contributed by atoms with van der Waals surface area (Å²) in [6, 6.07) is 14.2. The van der Waals surface area contributed by atoms with Crippen LogP contribution in [0.3, 0.4) is 0 Å². The van der Waals surface area contributed by atoms with Crippen molar-refractivity contribution in [2.24, 2.45) is 0 Å². The van der Waals surface area contributed by atoms with Gasteiger partial charge < -0.3 is 20.5 Å². The van der Waals surface area contributed by atoms with Crippen molar-refractivity contribution in [1.29, 1.82) is 0 Å². The summed E-state index contributed by atoms with van der Waals surface area (Å²) >= 11 is 0. The fourth-order valence-corrected chi connectivity index (χ4v) is 3.37. The highest BCUT2D eigenvalue weighted by molar-refractivity contribution is 5.96. The van der Waals surface area contributed by atoms with Crippen molar-refractivity contribution < 1.29 is 19.4 Å². The molecule has 1 saturated heterocycles. The normalized spacial score (nSPS) is 15.5. The van der Waals surface area contributed by atoms with E-state index in [0.717, 1.165) is 18.7 Å². The number of ether oxygens (including phenoxy) is 1. The molecule has 0 saturated carbocycles. The van der Waals surface area contributed by atoms with E-state index in [1.807, 2.05) is 6.07 Å². The molecule has 7 nitrogen and oxygen atoms in total. The van der Waals surface area contributed by atoms with Crippen molar-refractivity contribution in [3.05, 3.63) is 65.2 Å². The zero-order valence-corrected chi connectivity index (χ0v) is 16.6. The monoisotopic (exact) mass is 397 g/mol. The van der Waals surface area contributed by atoms with Crippen LogP contribution in [0.2, 0.25) is 0 Å². The summed E-state index contributed by atoms with van der Waals surface area (Å²) in [5, 5.41) is 14.8. The van der Waals surface area contributed by atoms with Gasteiger partial charge in [-0.05, 0) is 36.8 Å². The van der Waals surface area contributed by atoms with E-state index in [0.29, 0.717) is 25.3 Å². The van der Waals surface area contributed by atoms with E-state index in [1.165, 1.54) is 29.8 Å². The summed E-state index contributed by atoms with van der Waals surface area (Å²) in [5.74, 6) is -0.517. The molecule has 1 atom stereocenters. The molecule has 1 fully saturated rings. The molecule has 0 aromatic heterocycles. The molecule has 154 valence electrons. The molecule has 29 heavy (non-hydrogen) atoms. The molecule has 7 heteroatoms. The third kappa shape index (κ3) is 6.04. The average Bonchev–Trinajstić information content (AvgIpc) is 2.73. The van der Waals surface area contributed by atoms with Gasteiger partial charge in [-0.2, -0.15) is 0 Å². The highest BCUT2D eigenvalue weighted by Crippen LogP contribution is 2.22. The maximum Gasteiger partial charge on any atom is 0.251 e. The number of phenols is 1. The summed E-state index contributed by atoms with van der Waals surface area (Å²) in [7, 11) is 0. The number of nitrogens with zero attached hydrogens (tertiary/aromatic N) is 1. The van der Waals surface area contributed by atoms with Gasteiger partial charge in [0.15, 0.2) is 0 Å². The van der Waals surface area contributed by atoms with E-state index in [1.54, 1.807) is 0 Å². The van der Waals surface area contributed by atoms with Gasteiger partial charge in [-0.3, -0.25) is 14.5 Å². The molecule has 0 radical (unpaired) electrons. The van der Waals surface area contributed by atoms with Gasteiger partial charge in [0.1, 0.15) is 5.75 Å². The Labute approximate surface area is 170 Å². The van der Waals surface area contributed by atoms with Crippen LogP contribution in [-0.4, -0.2) is 61.2 Å². The topological polar surface area (TPSA) is 90.9 Å². The van der Waals surface area contributed by atoms with Gasteiger partial charge in [-0.1, -0.05) is 29.8 Å². The number of aromatic hydroxyl groups is 1. The second-order valence-electron chi connectivity index (χ2n) is 7.11. The fraction of sp³-hybridized carbons (Fsp3) is 0.364. The molecule has 0 bridgehead atoms. The minimum Gasteiger partial charge on any atom is -0.508 e. The molecule has 2 aromatic carbocycles. The minimum absolute atomic E-state index is 0.0514. The third-order valence-electron chi connectivity index (χ3n) is 4.94. The molecule has 3 N–H and O–H groups in total. The number of aryl methyl sites for hydroxylation is 1. The van der Waals surface area contributed by atoms with Crippen LogP contribution in [0.1, 0.15) is 27.5 Å². The number of carbonyl (C=O) groups is 2. The van der Waals surface area contributed by atoms with Crippen LogP contribution in [0.15, 0.2) is 48.5 Å². The molecule has 1 aliphatic rings. The first-order valence-corrected chi connectivity index (χ1v) is 9.75. The molecular formula is C22H27N3O4. The Balaban J connectivity index is 1.56. The van der Waals surface area contributed by atoms with Gasteiger partial charge in [-0.25, -0.2) is 0 Å². The van der Waals surface area contributed by atoms with Crippen LogP contribution in [0.5, 0.6) is 5.75 Å². The zero-order valence-electron chi connectivity index (χ0n) is 16.6. The van der Waals surface area contributed by atoms with Crippen LogP contribution in [-0.2, 0) is 9.53 Å². The number of morpholine rings is 1. The smallest absolute Gasteiger partial charge is 0.251 e. The summed E-state index contributed by atoms with van der Waals surface area (Å²) in [6.07, 6.45) is 0. The number of phenolic OH excluding ortho intramolecular Hbond substituents is 1. The quantitative estimate of drug-likeness (QED) is 0.661. The highest BCUT2D eigenvalue weighted by Gasteiger charge is 2.23. The molecule has 2 aromatic rings. The molecule has 3 rings (SSSR count). The Bertz CT molecular complexity index is 832. The van der Waals surface area contributed by atoms with Crippen LogP contribution in [0, 0.1) is 6.92 Å². The van der Waals surface area contributed by atoms with E-state index < -0.39 is 0 Å². The molecule has 0 spiro atoms. The lowest BCUT2D eigenvalue weighted by Crippen LogP contribution is -2.45. The van der Waals surface area contributed by atoms with Crippen LogP contribution in [0.4, 0.5) is 0 Å². The second-order valence-corrected chi connectivity index (χ2v) is 7.11. The molecule has 0 unspecified atom stereocenters. The van der Waals surface area contributed by atoms with Gasteiger partial charge in [0, 0.05) is 25.2 Å². The maximum absolute atomic E-state index is 12.3. The van der Waals surface area contributed by atoms with Crippen molar-refractivity contribution >= 4 is 11.8 Å². The van der Waals surface area contributed by atoms with Crippen molar-refractivity contribution in [3.8, 4) is 5.75 Å². The lowest BCUT2D eigenvalue weighted by atomic mass is 10.0. The number of carbonyl (C=O) groups excluding carboxylic acids is 2. The first-order valence-electron chi connectivity index (χ1n) is 9.75. The lowest BCUT2D eigenvalue weighted by molar-refractivity contribution is -0.120. The Morgan fingerprint density at radius 1 is 1.10 bits per heavy atom. The van der Waals surface area contributed by atoms with Crippen molar-refractivity contribution in [2.75, 3.05) is 39.4 Å². The number of rotatable bonds is 7. The van der Waals surface area contributed by atoms with Crippen molar-refractivity contribution in [2.45, 2.75) is 13.0 Å². The number of hydrogen-bond donors (Lipinski definition) is 3. The van der Waals surface area contributed by atoms with Gasteiger partial charge in [0.05, 0.1) is 25.8 Å². The number of hydrogen-bond acceptors (Lipinski definition) is 5. The van der Waals surface area contributed by atoms with Crippen molar-refractivity contribution in [1.82, 2.24) is 15.5 Å². The van der Waals surface area contributed by atoms with Gasteiger partial charge >= 0.3 is 0 Å². The number of nitrogens with one attached hydrogen (secondary N) is 2. The Morgan fingerprint density at radius 2 is 1.83 bits per heavy atom. The lowest BCUT2D eigenvalue weighted by Gasteiger charge is -2.35. The van der Waals surface area contributed by atoms with Crippen LogP contribution < -0.4 is 10.6 Å². The van der Waals surface area contributed by atoms with E-state index in [2.05, 4.69) is 40.7 Å². The third-order valence-corrected chi connectivity index (χ3v) is 4.94. The fourth-order valence-electron chi connectivity index (χ4n) is 3.37. The summed E-state index contributed by atoms with van der Waals surface area (Å²) in [6.45, 7) is 5.38. The largest absolute Gasteiger partial charge is 0.508 e. The van der Waals surface area contributed by atoms with Crippen molar-refractivity contribution in [3.63, 3.8) is 0 Å². The average molecular weight is 397 g/mol. The predicted molar refractivity (Wildman–Crippen MR) is 110 cm³/mol. The highest BCUT2D eigenvalue weighted by atomic mass is 16.5. The van der Waals surface area contributed by atoms with E-state index in [-0.39, 0.29) is 30.2 Å². The number of benzene rings is 2. The molecular weight excluding hydrogens is 370 g/mol. The molecule has 2 amide bonds. The van der Waals surface area contributed by atoms with E-state index in [4.69, 9.17) is 4.74 Å².